The van der Waals surface area contributed by atoms with Gasteiger partial charge < -0.3 is 14.6 Å². The standard InChI is InChI=1S/C27H29N3O4/c1-8-12-15-19(5)25-28-26(30-27(29-25)22(14-10-3)16-13-9-2)20(6)24(32)17-23(11-4)34-18-33-21(7)31/h8-17,32H,1-5,18H2,6-7H3/b15-12-,16-13-,22-14+,23-17+,24-20-. The molecule has 1 N–H and O–H groups in total. The first-order chi connectivity index (χ1) is 16.3. The van der Waals surface area contributed by atoms with E-state index >= 15 is 0 Å². The van der Waals surface area contributed by atoms with Crippen LogP contribution in [0, 0.1) is 0 Å². The highest BCUT2D eigenvalue weighted by atomic mass is 16.7. The number of hydrogen-bond acceptors (Lipinski definition) is 7. The average Bonchev–Trinajstić information content (AvgIpc) is 2.83. The maximum Gasteiger partial charge on any atom is 0.305 e. The number of carbonyl (C=O) groups is 1. The van der Waals surface area contributed by atoms with Crippen LogP contribution in [0.1, 0.15) is 31.3 Å². The molecule has 34 heavy (non-hydrogen) atoms. The summed E-state index contributed by atoms with van der Waals surface area (Å²) in [6, 6.07) is 0. The maximum absolute atomic E-state index is 10.9. The third kappa shape index (κ3) is 8.92. The van der Waals surface area contributed by atoms with Gasteiger partial charge >= 0.3 is 5.97 Å². The molecule has 0 aliphatic heterocycles. The summed E-state index contributed by atoms with van der Waals surface area (Å²) in [5, 5.41) is 10.7. The van der Waals surface area contributed by atoms with Crippen molar-refractivity contribution in [1.29, 1.82) is 0 Å². The lowest BCUT2D eigenvalue weighted by atomic mass is 10.1. The molecule has 1 aromatic heterocycles. The average molecular weight is 460 g/mol. The van der Waals surface area contributed by atoms with Crippen molar-refractivity contribution in [2.45, 2.75) is 13.8 Å². The smallest absolute Gasteiger partial charge is 0.305 e. The minimum atomic E-state index is -0.496. The third-order valence-corrected chi connectivity index (χ3v) is 4.01. The van der Waals surface area contributed by atoms with Crippen LogP contribution in [0.5, 0.6) is 0 Å². The summed E-state index contributed by atoms with van der Waals surface area (Å²) in [7, 11) is 0. The van der Waals surface area contributed by atoms with Gasteiger partial charge in [0.1, 0.15) is 11.5 Å². The Morgan fingerprint density at radius 3 is 2.12 bits per heavy atom. The molecule has 0 unspecified atom stereocenters. The van der Waals surface area contributed by atoms with Crippen molar-refractivity contribution in [3.63, 3.8) is 0 Å². The molecular weight excluding hydrogens is 430 g/mol. The van der Waals surface area contributed by atoms with E-state index in [1.54, 1.807) is 55.5 Å². The Morgan fingerprint density at radius 2 is 1.53 bits per heavy atom. The predicted octanol–water partition coefficient (Wildman–Crippen LogP) is 5.83. The summed E-state index contributed by atoms with van der Waals surface area (Å²) in [6.07, 6.45) is 16.2. The van der Waals surface area contributed by atoms with E-state index in [9.17, 15) is 9.90 Å². The van der Waals surface area contributed by atoms with Crippen LogP contribution in [0.25, 0.3) is 16.7 Å². The highest BCUT2D eigenvalue weighted by Gasteiger charge is 2.14. The van der Waals surface area contributed by atoms with Gasteiger partial charge in [-0.05, 0) is 13.0 Å². The number of carbonyl (C=O) groups excluding carboxylic acids is 1. The second-order valence-corrected chi connectivity index (χ2v) is 6.54. The van der Waals surface area contributed by atoms with Crippen molar-refractivity contribution in [2.75, 3.05) is 6.79 Å². The number of allylic oxidation sites excluding steroid dienone is 13. The van der Waals surface area contributed by atoms with Gasteiger partial charge in [0.2, 0.25) is 6.79 Å². The zero-order valence-electron chi connectivity index (χ0n) is 19.5. The summed E-state index contributed by atoms with van der Waals surface area (Å²) < 4.78 is 10.0. The molecule has 1 rings (SSSR count). The van der Waals surface area contributed by atoms with E-state index in [0.29, 0.717) is 28.4 Å². The maximum atomic E-state index is 10.9. The molecule has 0 fully saturated rings. The number of aliphatic hydroxyl groups is 1. The fraction of sp³-hybridized carbons (Fsp3) is 0.111. The summed E-state index contributed by atoms with van der Waals surface area (Å²) in [6.45, 7) is 21.3. The molecule has 0 aliphatic carbocycles. The van der Waals surface area contributed by atoms with Gasteiger partial charge in [-0.1, -0.05) is 81.5 Å². The molecule has 0 spiro atoms. The number of nitrogens with zero attached hydrogens (tertiary/aromatic N) is 3. The quantitative estimate of drug-likeness (QED) is 0.171. The highest BCUT2D eigenvalue weighted by Crippen LogP contribution is 2.21. The molecule has 0 saturated carbocycles. The van der Waals surface area contributed by atoms with E-state index in [4.69, 9.17) is 9.47 Å². The minimum Gasteiger partial charge on any atom is -0.507 e. The highest BCUT2D eigenvalue weighted by molar-refractivity contribution is 5.75. The molecule has 7 nitrogen and oxygen atoms in total. The largest absolute Gasteiger partial charge is 0.507 e. The van der Waals surface area contributed by atoms with E-state index in [1.807, 2.05) is 0 Å². The van der Waals surface area contributed by atoms with Crippen LogP contribution in [-0.4, -0.2) is 32.8 Å². The van der Waals surface area contributed by atoms with Crippen molar-refractivity contribution >= 4 is 22.7 Å². The first-order valence-electron chi connectivity index (χ1n) is 10.1. The molecule has 176 valence electrons. The van der Waals surface area contributed by atoms with E-state index in [-0.39, 0.29) is 24.1 Å². The zero-order chi connectivity index (χ0) is 25.5. The van der Waals surface area contributed by atoms with E-state index in [1.165, 1.54) is 19.1 Å². The Balaban J connectivity index is 3.61. The monoisotopic (exact) mass is 459 g/mol. The topological polar surface area (TPSA) is 94.4 Å². The number of hydrogen-bond donors (Lipinski definition) is 1. The van der Waals surface area contributed by atoms with Crippen LogP contribution in [0.2, 0.25) is 0 Å². The van der Waals surface area contributed by atoms with Crippen molar-refractivity contribution < 1.29 is 19.4 Å². The second-order valence-electron chi connectivity index (χ2n) is 6.54. The molecule has 0 atom stereocenters. The van der Waals surface area contributed by atoms with Crippen LogP contribution in [0.3, 0.4) is 0 Å². The number of esters is 1. The fourth-order valence-electron chi connectivity index (χ4n) is 2.28. The Morgan fingerprint density at radius 1 is 0.912 bits per heavy atom. The summed E-state index contributed by atoms with van der Waals surface area (Å²) in [4.78, 5) is 24.4. The van der Waals surface area contributed by atoms with E-state index in [0.717, 1.165) is 0 Å². The van der Waals surface area contributed by atoms with Crippen LogP contribution < -0.4 is 0 Å². The Labute approximate surface area is 200 Å². The molecule has 0 aliphatic rings. The summed E-state index contributed by atoms with van der Waals surface area (Å²) in [5.41, 5.74) is 1.51. The second kappa shape index (κ2) is 14.5. The Kier molecular flexibility index (Phi) is 11.8. The van der Waals surface area contributed by atoms with Crippen molar-refractivity contribution in [1.82, 2.24) is 15.0 Å². The van der Waals surface area contributed by atoms with Crippen molar-refractivity contribution in [3.8, 4) is 0 Å². The third-order valence-electron chi connectivity index (χ3n) is 4.01. The Hall–Kier alpha value is -4.52. The van der Waals surface area contributed by atoms with Gasteiger partial charge in [0.05, 0.1) is 0 Å². The fourth-order valence-corrected chi connectivity index (χ4v) is 2.28. The number of rotatable bonds is 13. The number of ether oxygens (including phenoxy) is 2. The molecule has 0 amide bonds. The van der Waals surface area contributed by atoms with Crippen LogP contribution in [0.15, 0.2) is 105 Å². The number of aliphatic hydroxyl groups excluding tert-OH is 1. The minimum absolute atomic E-state index is 0.177. The molecule has 0 radical (unpaired) electrons. The van der Waals surface area contributed by atoms with Gasteiger partial charge in [0.15, 0.2) is 17.5 Å². The number of aromatic nitrogens is 3. The molecular formula is C27H29N3O4. The van der Waals surface area contributed by atoms with Gasteiger partial charge in [-0.25, -0.2) is 15.0 Å². The molecule has 1 aromatic rings. The van der Waals surface area contributed by atoms with Crippen molar-refractivity contribution in [3.05, 3.63) is 123 Å². The lowest BCUT2D eigenvalue weighted by Gasteiger charge is -2.10. The van der Waals surface area contributed by atoms with E-state index < -0.39 is 5.97 Å². The SMILES string of the molecule is C=C/C=C\C(=C)c1nc(/C(C)=C(O)/C=C(\C=C)OCOC(C)=O)nc(C(/C=C\C=C)=C/C=C)n1. The van der Waals surface area contributed by atoms with Gasteiger partial charge in [-0.15, -0.1) is 0 Å². The predicted molar refractivity (Wildman–Crippen MR) is 137 cm³/mol. The Bertz CT molecular complexity index is 1120. The summed E-state index contributed by atoms with van der Waals surface area (Å²) >= 11 is 0. The normalized spacial score (nSPS) is 12.8. The van der Waals surface area contributed by atoms with Gasteiger partial charge in [0, 0.05) is 29.7 Å². The van der Waals surface area contributed by atoms with Crippen LogP contribution in [-0.2, 0) is 14.3 Å². The van der Waals surface area contributed by atoms with Crippen molar-refractivity contribution in [2.24, 2.45) is 0 Å². The molecule has 1 heterocycles. The molecule has 0 bridgehead atoms. The molecule has 0 aromatic carbocycles. The summed E-state index contributed by atoms with van der Waals surface area (Å²) in [5.74, 6) is 0.385. The van der Waals surface area contributed by atoms with Crippen LogP contribution >= 0.6 is 0 Å². The van der Waals surface area contributed by atoms with Crippen LogP contribution in [0.4, 0.5) is 0 Å². The first kappa shape index (κ1) is 27.5. The van der Waals surface area contributed by atoms with Gasteiger partial charge in [0.25, 0.3) is 0 Å². The first-order valence-corrected chi connectivity index (χ1v) is 10.1. The molecule has 7 heteroatoms. The lowest BCUT2D eigenvalue weighted by molar-refractivity contribution is -0.150. The van der Waals surface area contributed by atoms with E-state index in [2.05, 4.69) is 47.8 Å². The lowest BCUT2D eigenvalue weighted by Crippen LogP contribution is -2.07. The molecule has 0 saturated heterocycles. The zero-order valence-corrected chi connectivity index (χ0v) is 19.5. The van der Waals surface area contributed by atoms with Gasteiger partial charge in [-0.2, -0.15) is 0 Å². The van der Waals surface area contributed by atoms with Gasteiger partial charge in [-0.3, -0.25) is 4.79 Å².